The molecule has 2 aromatic carbocycles. The van der Waals surface area contributed by atoms with E-state index < -0.39 is 40.2 Å². The van der Waals surface area contributed by atoms with Crippen molar-refractivity contribution in [3.05, 3.63) is 81.8 Å². The zero-order chi connectivity index (χ0) is 38.8. The number of aromatic nitrogens is 1. The number of hydrogen-bond acceptors (Lipinski definition) is 10. The Morgan fingerprint density at radius 3 is 2.48 bits per heavy atom. The Balaban J connectivity index is 1.35. The molecule has 15 nitrogen and oxygen atoms in total. The third-order valence-corrected chi connectivity index (χ3v) is 12.9. The van der Waals surface area contributed by atoms with Crippen molar-refractivity contribution >= 4 is 45.6 Å². The quantitative estimate of drug-likeness (QED) is 0.0678. The van der Waals surface area contributed by atoms with Gasteiger partial charge in [0.25, 0.3) is 0 Å². The SMILES string of the molecule is CCC(C)C(C(=O)N[C@@H](Cc1ccccc1)[C@@H](O)CN(CC1CCC1)S(=O)(=O)c1ccc(C=NO)cc1)N1CCN(Cc2csc(CNC(=O)O)n2)C1=O. The highest BCUT2D eigenvalue weighted by molar-refractivity contribution is 7.89. The van der Waals surface area contributed by atoms with Gasteiger partial charge in [0, 0.05) is 31.6 Å². The number of urea groups is 1. The van der Waals surface area contributed by atoms with E-state index in [-0.39, 0.29) is 55.4 Å². The van der Waals surface area contributed by atoms with Gasteiger partial charge in [0.1, 0.15) is 11.0 Å². The van der Waals surface area contributed by atoms with Crippen LogP contribution in [-0.4, -0.2) is 112 Å². The third-order valence-electron chi connectivity index (χ3n) is 10.1. The van der Waals surface area contributed by atoms with Crippen LogP contribution in [0.3, 0.4) is 0 Å². The number of carbonyl (C=O) groups is 3. The first-order chi connectivity index (χ1) is 25.9. The minimum Gasteiger partial charge on any atom is -0.465 e. The fraction of sp³-hybridized carbons (Fsp3) is 0.486. The summed E-state index contributed by atoms with van der Waals surface area (Å²) in [6.07, 6.45) is 2.31. The van der Waals surface area contributed by atoms with E-state index in [1.165, 1.54) is 46.1 Å². The number of aliphatic hydroxyl groups excluding tert-OH is 1. The molecule has 54 heavy (non-hydrogen) atoms. The molecule has 0 bridgehead atoms. The van der Waals surface area contributed by atoms with Gasteiger partial charge in [-0.1, -0.05) is 74.3 Å². The fourth-order valence-electron chi connectivity index (χ4n) is 6.72. The van der Waals surface area contributed by atoms with Gasteiger partial charge < -0.3 is 35.9 Å². The third kappa shape index (κ3) is 10.3. The summed E-state index contributed by atoms with van der Waals surface area (Å²) in [5.41, 5.74) is 1.97. The number of hydrogen-bond donors (Lipinski definition) is 5. The topological polar surface area (TPSA) is 205 Å². The van der Waals surface area contributed by atoms with Gasteiger partial charge in [-0.25, -0.2) is 23.0 Å². The molecule has 1 aromatic heterocycles. The number of sulfonamides is 1. The number of aliphatic hydroxyl groups is 1. The Bertz CT molecular complexity index is 1850. The molecule has 2 aliphatic rings. The molecule has 1 aliphatic carbocycles. The number of benzene rings is 2. The van der Waals surface area contributed by atoms with Gasteiger partial charge >= 0.3 is 12.1 Å². The predicted octanol–water partition coefficient (Wildman–Crippen LogP) is 3.95. The lowest BCUT2D eigenvalue weighted by molar-refractivity contribution is -0.128. The van der Waals surface area contributed by atoms with Crippen LogP contribution < -0.4 is 10.6 Å². The molecule has 2 heterocycles. The molecule has 1 saturated carbocycles. The maximum atomic E-state index is 14.3. The van der Waals surface area contributed by atoms with Crippen LogP contribution in [0.25, 0.3) is 0 Å². The summed E-state index contributed by atoms with van der Waals surface area (Å²) < 4.78 is 29.4. The number of nitrogens with one attached hydrogen (secondary N) is 2. The average molecular weight is 784 g/mol. The van der Waals surface area contributed by atoms with E-state index in [4.69, 9.17) is 10.3 Å². The Morgan fingerprint density at radius 2 is 1.85 bits per heavy atom. The van der Waals surface area contributed by atoms with Crippen molar-refractivity contribution < 1.29 is 38.2 Å². The van der Waals surface area contributed by atoms with Crippen LogP contribution in [0.1, 0.15) is 61.4 Å². The van der Waals surface area contributed by atoms with E-state index in [0.717, 1.165) is 24.8 Å². The van der Waals surface area contributed by atoms with Crippen LogP contribution in [-0.2, 0) is 34.3 Å². The molecule has 1 aliphatic heterocycles. The summed E-state index contributed by atoms with van der Waals surface area (Å²) in [4.78, 5) is 46.7. The first-order valence-electron chi connectivity index (χ1n) is 18.1. The second-order valence-electron chi connectivity index (χ2n) is 13.9. The smallest absolute Gasteiger partial charge is 0.405 e. The van der Waals surface area contributed by atoms with Gasteiger partial charge in [0.15, 0.2) is 0 Å². The van der Waals surface area contributed by atoms with Gasteiger partial charge in [0.2, 0.25) is 15.9 Å². The van der Waals surface area contributed by atoms with Crippen molar-refractivity contribution in [2.45, 2.75) is 82.1 Å². The summed E-state index contributed by atoms with van der Waals surface area (Å²) in [6, 6.07) is 13.2. The highest BCUT2D eigenvalue weighted by atomic mass is 32.2. The zero-order valence-electron chi connectivity index (χ0n) is 30.5. The van der Waals surface area contributed by atoms with Gasteiger partial charge in [0.05, 0.1) is 42.0 Å². The maximum absolute atomic E-state index is 14.3. The van der Waals surface area contributed by atoms with E-state index in [1.54, 1.807) is 15.2 Å². The molecule has 5 rings (SSSR count). The summed E-state index contributed by atoms with van der Waals surface area (Å²) in [7, 11) is -4.06. The Kier molecular flexibility index (Phi) is 14.0. The molecule has 17 heteroatoms. The number of thiazole rings is 1. The number of carbonyl (C=O) groups excluding carboxylic acids is 2. The molecular formula is C37H49N7O8S2. The summed E-state index contributed by atoms with van der Waals surface area (Å²) in [5, 5.41) is 40.3. The van der Waals surface area contributed by atoms with Gasteiger partial charge in [-0.2, -0.15) is 4.31 Å². The standard InChI is InChI=1S/C37H49N7O8S2/c1-3-25(2)34(44-17-16-42(37(44)49)22-29-24-53-33(40-29)20-38-36(47)48)35(46)41-31(18-26-8-5-4-6-9-26)32(45)23-43(21-28-10-7-11-28)54(51,52)30-14-12-27(13-15-30)19-39-50/h4-6,8-9,12-15,19,24-25,28,31-32,34,38,45,50H,3,7,10-11,16-18,20-23H2,1-2H3,(H,41,46)(H,47,48)/t25?,31-,32-,34?/m0/s1. The molecule has 3 aromatic rings. The Hall–Kier alpha value is -4.58. The van der Waals surface area contributed by atoms with Crippen molar-refractivity contribution in [3.8, 4) is 0 Å². The molecule has 0 spiro atoms. The minimum atomic E-state index is -4.06. The van der Waals surface area contributed by atoms with Crippen molar-refractivity contribution in [3.63, 3.8) is 0 Å². The lowest BCUT2D eigenvalue weighted by Crippen LogP contribution is -2.57. The maximum Gasteiger partial charge on any atom is 0.405 e. The molecule has 2 fully saturated rings. The normalized spacial score (nSPS) is 17.4. The molecule has 1 saturated heterocycles. The Labute approximate surface area is 319 Å². The van der Waals surface area contributed by atoms with Crippen molar-refractivity contribution in [2.75, 3.05) is 26.2 Å². The number of rotatable bonds is 19. The molecule has 4 atom stereocenters. The van der Waals surface area contributed by atoms with Crippen molar-refractivity contribution in [1.82, 2.24) is 29.7 Å². The number of oxime groups is 1. The van der Waals surface area contributed by atoms with E-state index in [9.17, 15) is 27.9 Å². The number of nitrogens with zero attached hydrogens (tertiary/aromatic N) is 5. The Morgan fingerprint density at radius 1 is 1.13 bits per heavy atom. The average Bonchev–Trinajstić information content (AvgIpc) is 3.74. The van der Waals surface area contributed by atoms with Crippen LogP contribution in [0.15, 0.2) is 70.0 Å². The van der Waals surface area contributed by atoms with Crippen LogP contribution in [0.5, 0.6) is 0 Å². The molecule has 5 N–H and O–H groups in total. The van der Waals surface area contributed by atoms with Crippen LogP contribution in [0, 0.1) is 11.8 Å². The first-order valence-corrected chi connectivity index (χ1v) is 20.5. The van der Waals surface area contributed by atoms with E-state index in [0.29, 0.717) is 35.8 Å². The van der Waals surface area contributed by atoms with E-state index >= 15 is 0 Å². The predicted molar refractivity (Wildman–Crippen MR) is 203 cm³/mol. The number of carboxylic acid groups (broad SMARTS) is 1. The molecule has 292 valence electrons. The molecule has 0 radical (unpaired) electrons. The fourth-order valence-corrected chi connectivity index (χ4v) is 8.98. The van der Waals surface area contributed by atoms with Gasteiger partial charge in [-0.05, 0) is 54.4 Å². The van der Waals surface area contributed by atoms with E-state index in [2.05, 4.69) is 20.8 Å². The van der Waals surface area contributed by atoms with Crippen LogP contribution in [0.4, 0.5) is 9.59 Å². The summed E-state index contributed by atoms with van der Waals surface area (Å²) in [6.45, 7) is 4.70. The van der Waals surface area contributed by atoms with Gasteiger partial charge in [-0.15, -0.1) is 11.3 Å². The molecule has 2 unspecified atom stereocenters. The highest BCUT2D eigenvalue weighted by Crippen LogP contribution is 2.30. The van der Waals surface area contributed by atoms with E-state index in [1.807, 2.05) is 44.2 Å². The molecular weight excluding hydrogens is 735 g/mol. The molecule has 4 amide bonds. The second-order valence-corrected chi connectivity index (χ2v) is 16.8. The summed E-state index contributed by atoms with van der Waals surface area (Å²) in [5.74, 6) is -0.540. The monoisotopic (exact) mass is 783 g/mol. The van der Waals surface area contributed by atoms with Crippen LogP contribution in [0.2, 0.25) is 0 Å². The van der Waals surface area contributed by atoms with Crippen LogP contribution >= 0.6 is 11.3 Å². The lowest BCUT2D eigenvalue weighted by Gasteiger charge is -2.36. The highest BCUT2D eigenvalue weighted by Gasteiger charge is 2.41. The minimum absolute atomic E-state index is 0.0347. The van der Waals surface area contributed by atoms with Crippen molar-refractivity contribution in [2.24, 2.45) is 17.0 Å². The first kappa shape index (κ1) is 40.6. The second kappa shape index (κ2) is 18.6. The largest absolute Gasteiger partial charge is 0.465 e. The number of amides is 4. The lowest BCUT2D eigenvalue weighted by atomic mass is 9.85. The van der Waals surface area contributed by atoms with Gasteiger partial charge in [-0.3, -0.25) is 4.79 Å². The zero-order valence-corrected chi connectivity index (χ0v) is 32.1. The summed E-state index contributed by atoms with van der Waals surface area (Å²) >= 11 is 1.29. The van der Waals surface area contributed by atoms with Crippen molar-refractivity contribution in [1.29, 1.82) is 0 Å².